The van der Waals surface area contributed by atoms with Crippen LogP contribution in [0.25, 0.3) is 0 Å². The molecule has 4 heteroatoms. The largest absolute Gasteiger partial charge is 0.508 e. The maximum atomic E-state index is 10.3. The molecule has 0 saturated heterocycles. The number of phenolic OH excluding ortho intramolecular Hbond substituents is 2. The summed E-state index contributed by atoms with van der Waals surface area (Å²) in [5.41, 5.74) is 0.206. The Labute approximate surface area is 110 Å². The van der Waals surface area contributed by atoms with Crippen molar-refractivity contribution >= 4 is 13.3 Å². The molecular weight excluding hydrogens is 244 g/mol. The summed E-state index contributed by atoms with van der Waals surface area (Å²) in [6.07, 6.45) is 0. The smallest absolute Gasteiger partial charge is 0.168 e. The summed E-state index contributed by atoms with van der Waals surface area (Å²) < 4.78 is 5.72. The molecule has 0 unspecified atom stereocenters. The minimum Gasteiger partial charge on any atom is -0.508 e. The highest BCUT2D eigenvalue weighted by atomic mass is 28.3. The lowest BCUT2D eigenvalue weighted by molar-refractivity contribution is 0.124. The Morgan fingerprint density at radius 1 is 1.11 bits per heavy atom. The van der Waals surface area contributed by atoms with Crippen LogP contribution in [0.1, 0.15) is 26.3 Å². The predicted octanol–water partition coefficient (Wildman–Crippen LogP) is 3.13. The van der Waals surface area contributed by atoms with Crippen LogP contribution in [0.15, 0.2) is 6.07 Å². The fourth-order valence-electron chi connectivity index (χ4n) is 1.78. The maximum absolute atomic E-state index is 10.3. The number of aromatic hydroxyl groups is 2. The van der Waals surface area contributed by atoms with E-state index in [-0.39, 0.29) is 11.5 Å². The normalized spacial score (nSPS) is 12.6. The zero-order valence-electron chi connectivity index (χ0n) is 12.4. The van der Waals surface area contributed by atoms with Gasteiger partial charge in [0.1, 0.15) is 11.4 Å². The molecule has 0 aliphatic carbocycles. The molecule has 3 nitrogen and oxygen atoms in total. The standard InChI is InChI=1S/C14H24O3Si/c1-9-12(16)11(18(5,6)7)8-10(15)13(9)17-14(2,3)4/h8,15-16H,1-7H3. The van der Waals surface area contributed by atoms with Crippen LogP contribution in [-0.4, -0.2) is 23.9 Å². The highest BCUT2D eigenvalue weighted by molar-refractivity contribution is 6.89. The van der Waals surface area contributed by atoms with Crippen molar-refractivity contribution in [3.8, 4) is 17.2 Å². The highest BCUT2D eigenvalue weighted by Gasteiger charge is 2.27. The van der Waals surface area contributed by atoms with Crippen molar-refractivity contribution < 1.29 is 14.9 Å². The quantitative estimate of drug-likeness (QED) is 0.640. The van der Waals surface area contributed by atoms with Gasteiger partial charge in [0.05, 0.1) is 8.07 Å². The van der Waals surface area contributed by atoms with Gasteiger partial charge in [-0.05, 0) is 38.9 Å². The van der Waals surface area contributed by atoms with Crippen molar-refractivity contribution in [2.45, 2.75) is 52.9 Å². The fraction of sp³-hybridized carbons (Fsp3) is 0.571. The monoisotopic (exact) mass is 268 g/mol. The van der Waals surface area contributed by atoms with Gasteiger partial charge in [0.25, 0.3) is 0 Å². The van der Waals surface area contributed by atoms with E-state index >= 15 is 0 Å². The molecule has 1 rings (SSSR count). The van der Waals surface area contributed by atoms with Gasteiger partial charge in [-0.25, -0.2) is 0 Å². The second-order valence-electron chi connectivity index (χ2n) is 6.71. The molecule has 1 aromatic carbocycles. The third-order valence-electron chi connectivity index (χ3n) is 2.68. The minimum absolute atomic E-state index is 0.109. The molecule has 0 bridgehead atoms. The summed E-state index contributed by atoms with van der Waals surface area (Å²) >= 11 is 0. The van der Waals surface area contributed by atoms with E-state index in [0.717, 1.165) is 5.19 Å². The number of rotatable bonds is 2. The zero-order chi connectivity index (χ0) is 14.3. The summed E-state index contributed by atoms with van der Waals surface area (Å²) in [4.78, 5) is 0. The molecule has 0 aliphatic rings. The van der Waals surface area contributed by atoms with Gasteiger partial charge in [0, 0.05) is 5.56 Å². The first-order chi connectivity index (χ1) is 7.93. The van der Waals surface area contributed by atoms with Crippen molar-refractivity contribution in [1.29, 1.82) is 0 Å². The minimum atomic E-state index is -1.69. The van der Waals surface area contributed by atoms with Crippen molar-refractivity contribution in [3.05, 3.63) is 11.6 Å². The number of phenols is 2. The summed E-state index contributed by atoms with van der Waals surface area (Å²) in [6.45, 7) is 13.9. The van der Waals surface area contributed by atoms with E-state index in [1.54, 1.807) is 13.0 Å². The van der Waals surface area contributed by atoms with Gasteiger partial charge in [0.15, 0.2) is 11.5 Å². The molecule has 2 N–H and O–H groups in total. The van der Waals surface area contributed by atoms with Crippen LogP contribution in [0, 0.1) is 6.92 Å². The highest BCUT2D eigenvalue weighted by Crippen LogP contribution is 2.37. The van der Waals surface area contributed by atoms with E-state index in [9.17, 15) is 10.2 Å². The zero-order valence-corrected chi connectivity index (χ0v) is 13.4. The van der Waals surface area contributed by atoms with Gasteiger partial charge in [0.2, 0.25) is 0 Å². The molecule has 0 atom stereocenters. The first-order valence-corrected chi connectivity index (χ1v) is 9.68. The van der Waals surface area contributed by atoms with Gasteiger partial charge in [-0.1, -0.05) is 19.6 Å². The Bertz CT molecular complexity index is 454. The van der Waals surface area contributed by atoms with Crippen LogP contribution in [0.5, 0.6) is 17.2 Å². The molecule has 0 radical (unpaired) electrons. The molecule has 1 aromatic rings. The lowest BCUT2D eigenvalue weighted by Crippen LogP contribution is -2.38. The Morgan fingerprint density at radius 3 is 2.00 bits per heavy atom. The molecule has 0 heterocycles. The average Bonchev–Trinajstić information content (AvgIpc) is 2.15. The molecule has 0 spiro atoms. The lowest BCUT2D eigenvalue weighted by atomic mass is 10.1. The third-order valence-corrected chi connectivity index (χ3v) is 4.68. The van der Waals surface area contributed by atoms with Crippen LogP contribution in [-0.2, 0) is 0 Å². The van der Waals surface area contributed by atoms with E-state index in [2.05, 4.69) is 19.6 Å². The van der Waals surface area contributed by atoms with E-state index in [1.807, 2.05) is 20.8 Å². The van der Waals surface area contributed by atoms with Crippen LogP contribution in [0.2, 0.25) is 19.6 Å². The molecular formula is C14H24O3Si. The summed E-state index contributed by atoms with van der Waals surface area (Å²) in [5, 5.41) is 21.2. The van der Waals surface area contributed by atoms with Crippen LogP contribution >= 0.6 is 0 Å². The predicted molar refractivity (Wildman–Crippen MR) is 77.9 cm³/mol. The average molecular weight is 268 g/mol. The summed E-state index contributed by atoms with van der Waals surface area (Å²) in [6, 6.07) is 1.65. The van der Waals surface area contributed by atoms with E-state index in [0.29, 0.717) is 11.3 Å². The molecule has 0 saturated carbocycles. The van der Waals surface area contributed by atoms with Gasteiger partial charge in [-0.15, -0.1) is 0 Å². The Kier molecular flexibility index (Phi) is 3.72. The molecule has 0 amide bonds. The number of hydrogen-bond acceptors (Lipinski definition) is 3. The SMILES string of the molecule is Cc1c(O)c([Si](C)(C)C)cc(O)c1OC(C)(C)C. The van der Waals surface area contributed by atoms with Crippen LogP contribution in [0.3, 0.4) is 0 Å². The summed E-state index contributed by atoms with van der Waals surface area (Å²) in [7, 11) is -1.69. The van der Waals surface area contributed by atoms with Gasteiger partial charge >= 0.3 is 0 Å². The number of benzene rings is 1. The number of hydrogen-bond donors (Lipinski definition) is 2. The molecule has 0 aliphatic heterocycles. The van der Waals surface area contributed by atoms with Crippen LogP contribution < -0.4 is 9.92 Å². The van der Waals surface area contributed by atoms with Crippen molar-refractivity contribution in [1.82, 2.24) is 0 Å². The Hall–Kier alpha value is -1.16. The van der Waals surface area contributed by atoms with Gasteiger partial charge in [-0.2, -0.15) is 0 Å². The Morgan fingerprint density at radius 2 is 1.61 bits per heavy atom. The fourth-order valence-corrected chi connectivity index (χ4v) is 3.25. The molecule has 102 valence electrons. The second kappa shape index (κ2) is 4.50. The molecule has 0 aromatic heterocycles. The van der Waals surface area contributed by atoms with Crippen molar-refractivity contribution in [3.63, 3.8) is 0 Å². The lowest BCUT2D eigenvalue weighted by Gasteiger charge is -2.26. The van der Waals surface area contributed by atoms with Crippen molar-refractivity contribution in [2.75, 3.05) is 0 Å². The first kappa shape index (κ1) is 14.9. The second-order valence-corrected chi connectivity index (χ2v) is 11.7. The first-order valence-electron chi connectivity index (χ1n) is 6.18. The van der Waals surface area contributed by atoms with Crippen molar-refractivity contribution in [2.24, 2.45) is 0 Å². The van der Waals surface area contributed by atoms with Crippen LogP contribution in [0.4, 0.5) is 0 Å². The summed E-state index contributed by atoms with van der Waals surface area (Å²) in [5.74, 6) is 0.742. The maximum Gasteiger partial charge on any atom is 0.168 e. The van der Waals surface area contributed by atoms with E-state index in [4.69, 9.17) is 4.74 Å². The Balaban J connectivity index is 3.39. The van der Waals surface area contributed by atoms with Gasteiger partial charge < -0.3 is 14.9 Å². The van der Waals surface area contributed by atoms with E-state index in [1.165, 1.54) is 0 Å². The van der Waals surface area contributed by atoms with Gasteiger partial charge in [-0.3, -0.25) is 0 Å². The molecule has 18 heavy (non-hydrogen) atoms. The number of ether oxygens (including phenoxy) is 1. The third kappa shape index (κ3) is 3.19. The topological polar surface area (TPSA) is 49.7 Å². The molecule has 0 fully saturated rings. The van der Waals surface area contributed by atoms with E-state index < -0.39 is 13.7 Å².